The predicted molar refractivity (Wildman–Crippen MR) is 103 cm³/mol. The normalized spacial score (nSPS) is 17.0. The number of amides is 1. The van der Waals surface area contributed by atoms with Crippen molar-refractivity contribution in [3.63, 3.8) is 0 Å². The Morgan fingerprint density at radius 1 is 1.14 bits per heavy atom. The average molecular weight is 408 g/mol. The maximum Gasteiger partial charge on any atom is 0.418 e. The molecular formula is C21H23F3N2O3. The second-order valence-corrected chi connectivity index (χ2v) is 6.86. The van der Waals surface area contributed by atoms with Gasteiger partial charge >= 0.3 is 6.18 Å². The second kappa shape index (κ2) is 8.32. The van der Waals surface area contributed by atoms with Crippen LogP contribution in [0.25, 0.3) is 0 Å². The lowest BCUT2D eigenvalue weighted by atomic mass is 10.1. The molecule has 1 heterocycles. The van der Waals surface area contributed by atoms with Crippen LogP contribution in [0.5, 0.6) is 11.5 Å². The van der Waals surface area contributed by atoms with Gasteiger partial charge in [0, 0.05) is 13.1 Å². The number of hydrogen-bond acceptors (Lipinski definition) is 4. The number of anilines is 1. The quantitative estimate of drug-likeness (QED) is 0.787. The van der Waals surface area contributed by atoms with Gasteiger partial charge in [0.1, 0.15) is 0 Å². The maximum absolute atomic E-state index is 13.3. The van der Waals surface area contributed by atoms with E-state index in [9.17, 15) is 18.0 Å². The van der Waals surface area contributed by atoms with Gasteiger partial charge in [-0.2, -0.15) is 13.2 Å². The van der Waals surface area contributed by atoms with Crippen LogP contribution in [0, 0.1) is 6.92 Å². The highest BCUT2D eigenvalue weighted by Crippen LogP contribution is 2.38. The van der Waals surface area contributed by atoms with E-state index in [2.05, 4.69) is 5.32 Å². The molecule has 1 amide bonds. The molecule has 1 aliphatic rings. The lowest BCUT2D eigenvalue weighted by molar-refractivity contribution is -0.137. The number of carbonyl (C=O) groups excluding carboxylic acids is 1. The summed E-state index contributed by atoms with van der Waals surface area (Å²) in [5.74, 6) is 0.828. The van der Waals surface area contributed by atoms with Crippen LogP contribution in [0.1, 0.15) is 23.1 Å². The fourth-order valence-electron chi connectivity index (χ4n) is 3.50. The molecule has 0 radical (unpaired) electrons. The molecule has 0 aliphatic carbocycles. The summed E-state index contributed by atoms with van der Waals surface area (Å²) in [6.45, 7) is 2.53. The molecule has 5 nitrogen and oxygen atoms in total. The van der Waals surface area contributed by atoms with Crippen LogP contribution in [-0.2, 0) is 17.5 Å². The largest absolute Gasteiger partial charge is 0.493 e. The van der Waals surface area contributed by atoms with Gasteiger partial charge in [0.25, 0.3) is 0 Å². The zero-order valence-electron chi connectivity index (χ0n) is 16.5. The molecule has 0 bridgehead atoms. The molecule has 1 N–H and O–H groups in total. The summed E-state index contributed by atoms with van der Waals surface area (Å²) < 4.78 is 50.5. The fraction of sp³-hybridized carbons (Fsp3) is 0.381. The number of carbonyl (C=O) groups is 1. The molecular weight excluding hydrogens is 385 g/mol. The van der Waals surface area contributed by atoms with Gasteiger partial charge in [-0.15, -0.1) is 0 Å². The third-order valence-corrected chi connectivity index (χ3v) is 5.09. The van der Waals surface area contributed by atoms with Gasteiger partial charge < -0.3 is 19.7 Å². The molecule has 0 saturated carbocycles. The van der Waals surface area contributed by atoms with Crippen LogP contribution in [0.15, 0.2) is 36.4 Å². The number of ether oxygens (including phenoxy) is 2. The second-order valence-electron chi connectivity index (χ2n) is 6.86. The van der Waals surface area contributed by atoms with Gasteiger partial charge in [0.05, 0.1) is 31.5 Å². The molecule has 0 spiro atoms. The summed E-state index contributed by atoms with van der Waals surface area (Å²) in [6, 6.07) is 8.28. The minimum atomic E-state index is -4.51. The molecule has 1 aliphatic heterocycles. The summed E-state index contributed by atoms with van der Waals surface area (Å²) >= 11 is 0. The molecule has 2 aromatic rings. The van der Waals surface area contributed by atoms with E-state index in [4.69, 9.17) is 9.47 Å². The Morgan fingerprint density at radius 3 is 2.45 bits per heavy atom. The lowest BCUT2D eigenvalue weighted by Crippen LogP contribution is -2.38. The number of para-hydroxylation sites is 1. The number of nitrogens with zero attached hydrogens (tertiary/aromatic N) is 1. The number of benzene rings is 2. The van der Waals surface area contributed by atoms with Gasteiger partial charge in [-0.05, 0) is 48.7 Å². The third kappa shape index (κ3) is 4.32. The Hall–Kier alpha value is -2.74. The summed E-state index contributed by atoms with van der Waals surface area (Å²) in [5, 5.41) is 3.17. The van der Waals surface area contributed by atoms with E-state index < -0.39 is 17.8 Å². The first-order valence-corrected chi connectivity index (χ1v) is 9.18. The van der Waals surface area contributed by atoms with E-state index in [0.717, 1.165) is 17.2 Å². The number of nitrogens with one attached hydrogen (secondary N) is 1. The van der Waals surface area contributed by atoms with Gasteiger partial charge in [0.15, 0.2) is 11.5 Å². The molecule has 156 valence electrons. The Labute approximate surface area is 167 Å². The SMILES string of the molecule is COc1cc(C)c(CN[C@@H]2CCN(c3ccccc3C(F)(F)F)C2=O)cc1OC. The average Bonchev–Trinajstić information content (AvgIpc) is 3.06. The first kappa shape index (κ1) is 21.0. The Bertz CT molecular complexity index is 899. The monoisotopic (exact) mass is 408 g/mol. The van der Waals surface area contributed by atoms with Crippen molar-refractivity contribution < 1.29 is 27.4 Å². The Balaban J connectivity index is 1.74. The maximum atomic E-state index is 13.3. The molecule has 2 aromatic carbocycles. The van der Waals surface area contributed by atoms with Crippen molar-refractivity contribution >= 4 is 11.6 Å². The number of methoxy groups -OCH3 is 2. The van der Waals surface area contributed by atoms with E-state index in [1.807, 2.05) is 19.1 Å². The van der Waals surface area contributed by atoms with Crippen molar-refractivity contribution in [2.75, 3.05) is 25.7 Å². The van der Waals surface area contributed by atoms with Gasteiger partial charge in [-0.1, -0.05) is 12.1 Å². The Kier molecular flexibility index (Phi) is 6.02. The van der Waals surface area contributed by atoms with E-state index in [0.29, 0.717) is 24.5 Å². The minimum Gasteiger partial charge on any atom is -0.493 e. The topological polar surface area (TPSA) is 50.8 Å². The fourth-order valence-corrected chi connectivity index (χ4v) is 3.50. The van der Waals surface area contributed by atoms with Crippen LogP contribution in [-0.4, -0.2) is 32.7 Å². The summed E-state index contributed by atoms with van der Waals surface area (Å²) in [7, 11) is 3.10. The third-order valence-electron chi connectivity index (χ3n) is 5.09. The van der Waals surface area contributed by atoms with Crippen molar-refractivity contribution in [3.8, 4) is 11.5 Å². The lowest BCUT2D eigenvalue weighted by Gasteiger charge is -2.22. The molecule has 0 unspecified atom stereocenters. The number of hydrogen-bond donors (Lipinski definition) is 1. The first-order valence-electron chi connectivity index (χ1n) is 9.18. The molecule has 8 heteroatoms. The van der Waals surface area contributed by atoms with E-state index >= 15 is 0 Å². The van der Waals surface area contributed by atoms with E-state index in [-0.39, 0.29) is 18.1 Å². The van der Waals surface area contributed by atoms with Crippen molar-refractivity contribution in [2.45, 2.75) is 32.1 Å². The highest BCUT2D eigenvalue weighted by Gasteiger charge is 2.39. The van der Waals surface area contributed by atoms with Crippen molar-refractivity contribution in [1.29, 1.82) is 0 Å². The molecule has 0 aromatic heterocycles. The van der Waals surface area contributed by atoms with E-state index in [1.165, 1.54) is 23.1 Å². The van der Waals surface area contributed by atoms with Crippen LogP contribution in [0.2, 0.25) is 0 Å². The summed E-state index contributed by atoms with van der Waals surface area (Å²) in [6.07, 6.45) is -4.09. The highest BCUT2D eigenvalue weighted by atomic mass is 19.4. The summed E-state index contributed by atoms with van der Waals surface area (Å²) in [5.41, 5.74) is 0.978. The van der Waals surface area contributed by atoms with Crippen LogP contribution >= 0.6 is 0 Å². The van der Waals surface area contributed by atoms with Crippen LogP contribution in [0.4, 0.5) is 18.9 Å². The molecule has 3 rings (SSSR count). The number of alkyl halides is 3. The van der Waals surface area contributed by atoms with Gasteiger partial charge in [-0.25, -0.2) is 0 Å². The zero-order valence-corrected chi connectivity index (χ0v) is 16.5. The first-order chi connectivity index (χ1) is 13.8. The molecule has 1 fully saturated rings. The van der Waals surface area contributed by atoms with Crippen LogP contribution < -0.4 is 19.7 Å². The predicted octanol–water partition coefficient (Wildman–Crippen LogP) is 3.93. The Morgan fingerprint density at radius 2 is 1.79 bits per heavy atom. The van der Waals surface area contributed by atoms with Gasteiger partial charge in [0.2, 0.25) is 5.91 Å². The van der Waals surface area contributed by atoms with Crippen LogP contribution in [0.3, 0.4) is 0 Å². The number of halogens is 3. The minimum absolute atomic E-state index is 0.100. The zero-order chi connectivity index (χ0) is 21.2. The molecule has 1 saturated heterocycles. The van der Waals surface area contributed by atoms with Crippen molar-refractivity contribution in [2.24, 2.45) is 0 Å². The summed E-state index contributed by atoms with van der Waals surface area (Å²) in [4.78, 5) is 14.0. The number of rotatable bonds is 6. The smallest absolute Gasteiger partial charge is 0.418 e. The standard InChI is InChI=1S/C21H23F3N2O3/c1-13-10-18(28-2)19(29-3)11-14(13)12-25-16-8-9-26(20(16)27)17-7-5-4-6-15(17)21(22,23)24/h4-7,10-11,16,25H,8-9,12H2,1-3H3/t16-/m1/s1. The molecule has 1 atom stereocenters. The molecule has 29 heavy (non-hydrogen) atoms. The highest BCUT2D eigenvalue weighted by molar-refractivity contribution is 6.00. The van der Waals surface area contributed by atoms with E-state index in [1.54, 1.807) is 14.2 Å². The van der Waals surface area contributed by atoms with Crippen molar-refractivity contribution in [1.82, 2.24) is 5.32 Å². The van der Waals surface area contributed by atoms with Crippen molar-refractivity contribution in [3.05, 3.63) is 53.1 Å². The van der Waals surface area contributed by atoms with Gasteiger partial charge in [-0.3, -0.25) is 4.79 Å². The number of aryl methyl sites for hydroxylation is 1.